The molecule has 1 N–H and O–H groups in total. The van der Waals surface area contributed by atoms with Crippen LogP contribution in [0.15, 0.2) is 29.1 Å². The smallest absolute Gasteiger partial charge is 0.286 e. The van der Waals surface area contributed by atoms with Gasteiger partial charge < -0.3 is 9.30 Å². The van der Waals surface area contributed by atoms with Crippen LogP contribution < -0.4 is 15.7 Å². The lowest BCUT2D eigenvalue weighted by Crippen LogP contribution is -2.45. The third-order valence-electron chi connectivity index (χ3n) is 6.05. The van der Waals surface area contributed by atoms with Gasteiger partial charge in [-0.15, -0.1) is 0 Å². The average molecular weight is 486 g/mol. The standard InChI is InChI=1S/C25H32ClN5O3/c1-5-19-27-23-20(25(33)31(19)15-17-10-9-11-18(26)14-17)22(34-16(2)3)21(29(23)4)24(32)28-30-12-7-6-8-13-30/h9-11,14,16H,5-8,12-13,15H2,1-4H3,(H,28,32). The summed E-state index contributed by atoms with van der Waals surface area (Å²) in [4.78, 5) is 32.0. The number of benzene rings is 1. The minimum Gasteiger partial charge on any atom is -0.488 e. The Balaban J connectivity index is 1.86. The van der Waals surface area contributed by atoms with E-state index in [0.717, 1.165) is 37.9 Å². The summed E-state index contributed by atoms with van der Waals surface area (Å²) in [7, 11) is 1.76. The van der Waals surface area contributed by atoms with Crippen molar-refractivity contribution in [3.63, 3.8) is 0 Å². The Hall–Kier alpha value is -2.84. The van der Waals surface area contributed by atoms with Gasteiger partial charge >= 0.3 is 0 Å². The van der Waals surface area contributed by atoms with E-state index in [4.69, 9.17) is 21.3 Å². The molecular formula is C25H32ClN5O3. The molecule has 4 rings (SSSR count). The highest BCUT2D eigenvalue weighted by atomic mass is 35.5. The Morgan fingerprint density at radius 1 is 1.24 bits per heavy atom. The number of hydrogen-bond acceptors (Lipinski definition) is 5. The normalized spacial score (nSPS) is 14.6. The summed E-state index contributed by atoms with van der Waals surface area (Å²) in [5.74, 6) is 0.621. The molecule has 182 valence electrons. The van der Waals surface area contributed by atoms with Gasteiger partial charge in [0.2, 0.25) is 0 Å². The summed E-state index contributed by atoms with van der Waals surface area (Å²) in [6.07, 6.45) is 3.59. The number of fused-ring (bicyclic) bond motifs is 1. The summed E-state index contributed by atoms with van der Waals surface area (Å²) in [6.45, 7) is 7.66. The van der Waals surface area contributed by atoms with Crippen molar-refractivity contribution in [2.75, 3.05) is 13.1 Å². The van der Waals surface area contributed by atoms with E-state index >= 15 is 0 Å². The second kappa shape index (κ2) is 10.2. The molecule has 0 atom stereocenters. The molecule has 1 aromatic carbocycles. The third-order valence-corrected chi connectivity index (χ3v) is 6.29. The van der Waals surface area contributed by atoms with Crippen molar-refractivity contribution >= 4 is 28.5 Å². The lowest BCUT2D eigenvalue weighted by Gasteiger charge is -2.27. The Morgan fingerprint density at radius 2 is 1.97 bits per heavy atom. The van der Waals surface area contributed by atoms with Crippen LogP contribution in [0.25, 0.3) is 11.0 Å². The topological polar surface area (TPSA) is 81.4 Å². The fourth-order valence-electron chi connectivity index (χ4n) is 4.46. The number of carbonyl (C=O) groups excluding carboxylic acids is 1. The number of hydrazine groups is 1. The predicted molar refractivity (Wildman–Crippen MR) is 134 cm³/mol. The molecule has 0 unspecified atom stereocenters. The zero-order valence-corrected chi connectivity index (χ0v) is 21.0. The Bertz CT molecular complexity index is 1260. The van der Waals surface area contributed by atoms with E-state index in [2.05, 4.69) is 5.43 Å². The van der Waals surface area contributed by atoms with Crippen molar-refractivity contribution in [2.24, 2.45) is 7.05 Å². The number of ether oxygens (including phenoxy) is 1. The molecule has 2 aromatic heterocycles. The van der Waals surface area contributed by atoms with Crippen LogP contribution in [0, 0.1) is 0 Å². The first-order valence-corrected chi connectivity index (χ1v) is 12.3. The maximum absolute atomic E-state index is 13.8. The van der Waals surface area contributed by atoms with E-state index in [9.17, 15) is 9.59 Å². The highest BCUT2D eigenvalue weighted by Gasteiger charge is 2.29. The fraction of sp³-hybridized carbons (Fsp3) is 0.480. The van der Waals surface area contributed by atoms with Crippen LogP contribution in [-0.4, -0.2) is 44.2 Å². The van der Waals surface area contributed by atoms with Crippen LogP contribution in [0.5, 0.6) is 5.75 Å². The molecule has 34 heavy (non-hydrogen) atoms. The van der Waals surface area contributed by atoms with Gasteiger partial charge in [-0.05, 0) is 44.4 Å². The molecule has 0 bridgehead atoms. The van der Waals surface area contributed by atoms with Gasteiger partial charge in [0, 0.05) is 31.6 Å². The van der Waals surface area contributed by atoms with Crippen LogP contribution in [-0.2, 0) is 20.0 Å². The average Bonchev–Trinajstić information content (AvgIpc) is 3.07. The molecule has 9 heteroatoms. The highest BCUT2D eigenvalue weighted by Crippen LogP contribution is 2.31. The molecule has 3 aromatic rings. The summed E-state index contributed by atoms with van der Waals surface area (Å²) >= 11 is 6.17. The first-order valence-electron chi connectivity index (χ1n) is 11.9. The van der Waals surface area contributed by atoms with E-state index in [1.807, 2.05) is 44.0 Å². The van der Waals surface area contributed by atoms with Crippen LogP contribution >= 0.6 is 11.6 Å². The molecule has 3 heterocycles. The number of carbonyl (C=O) groups is 1. The number of nitrogens with one attached hydrogen (secondary N) is 1. The molecule has 1 saturated heterocycles. The maximum atomic E-state index is 13.8. The highest BCUT2D eigenvalue weighted by molar-refractivity contribution is 6.30. The van der Waals surface area contributed by atoms with Crippen molar-refractivity contribution in [1.29, 1.82) is 0 Å². The predicted octanol–water partition coefficient (Wildman–Crippen LogP) is 3.92. The lowest BCUT2D eigenvalue weighted by atomic mass is 10.2. The van der Waals surface area contributed by atoms with Crippen LogP contribution in [0.4, 0.5) is 0 Å². The van der Waals surface area contributed by atoms with E-state index in [-0.39, 0.29) is 23.3 Å². The zero-order chi connectivity index (χ0) is 24.4. The number of aromatic nitrogens is 3. The van der Waals surface area contributed by atoms with Crippen LogP contribution in [0.3, 0.4) is 0 Å². The summed E-state index contributed by atoms with van der Waals surface area (Å²) in [6, 6.07) is 7.43. The molecule has 1 fully saturated rings. The first-order chi connectivity index (χ1) is 16.3. The molecule has 8 nitrogen and oxygen atoms in total. The SMILES string of the molecule is CCc1nc2c(c(OC(C)C)c(C(=O)NN3CCCCC3)n2C)c(=O)n1Cc1cccc(Cl)c1. The van der Waals surface area contributed by atoms with Gasteiger partial charge in [-0.25, -0.2) is 9.99 Å². The number of piperidine rings is 1. The van der Waals surface area contributed by atoms with Crippen molar-refractivity contribution in [3.05, 3.63) is 56.7 Å². The molecule has 1 aliphatic rings. The minimum absolute atomic E-state index is 0.223. The van der Waals surface area contributed by atoms with Gasteiger partial charge in [-0.1, -0.05) is 37.1 Å². The maximum Gasteiger partial charge on any atom is 0.286 e. The quantitative estimate of drug-likeness (QED) is 0.548. The Morgan fingerprint density at radius 3 is 2.62 bits per heavy atom. The molecule has 0 spiro atoms. The monoisotopic (exact) mass is 485 g/mol. The summed E-state index contributed by atoms with van der Waals surface area (Å²) < 4.78 is 9.42. The van der Waals surface area contributed by atoms with Gasteiger partial charge in [0.1, 0.15) is 11.2 Å². The minimum atomic E-state index is -0.295. The Kier molecular flexibility index (Phi) is 7.28. The molecular weight excluding hydrogens is 454 g/mol. The molecule has 0 saturated carbocycles. The van der Waals surface area contributed by atoms with Crippen molar-refractivity contribution in [2.45, 2.75) is 59.1 Å². The number of halogens is 1. The summed E-state index contributed by atoms with van der Waals surface area (Å²) in [5.41, 5.74) is 4.42. The largest absolute Gasteiger partial charge is 0.488 e. The third kappa shape index (κ3) is 4.83. The first kappa shape index (κ1) is 24.3. The van der Waals surface area contributed by atoms with Gasteiger partial charge in [0.25, 0.3) is 11.5 Å². The second-order valence-corrected chi connectivity index (χ2v) is 9.43. The van der Waals surface area contributed by atoms with Gasteiger partial charge in [0.15, 0.2) is 17.1 Å². The van der Waals surface area contributed by atoms with E-state index < -0.39 is 0 Å². The van der Waals surface area contributed by atoms with Gasteiger partial charge in [-0.3, -0.25) is 19.6 Å². The number of aryl methyl sites for hydroxylation is 2. The van der Waals surface area contributed by atoms with Crippen LogP contribution in [0.2, 0.25) is 5.02 Å². The number of rotatable bonds is 7. The molecule has 1 amide bonds. The van der Waals surface area contributed by atoms with Crippen molar-refractivity contribution in [3.8, 4) is 5.75 Å². The number of amides is 1. The van der Waals surface area contributed by atoms with E-state index in [1.54, 1.807) is 22.2 Å². The molecule has 1 aliphatic heterocycles. The number of nitrogens with zero attached hydrogens (tertiary/aromatic N) is 4. The summed E-state index contributed by atoms with van der Waals surface area (Å²) in [5, 5.41) is 2.86. The molecule has 0 aliphatic carbocycles. The van der Waals surface area contributed by atoms with Crippen LogP contribution in [0.1, 0.15) is 61.9 Å². The Labute approximate surface area is 204 Å². The fourth-order valence-corrected chi connectivity index (χ4v) is 4.68. The van der Waals surface area contributed by atoms with E-state index in [0.29, 0.717) is 40.5 Å². The van der Waals surface area contributed by atoms with Crippen molar-refractivity contribution in [1.82, 2.24) is 24.6 Å². The zero-order valence-electron chi connectivity index (χ0n) is 20.2. The van der Waals surface area contributed by atoms with E-state index in [1.165, 1.54) is 0 Å². The second-order valence-electron chi connectivity index (χ2n) is 8.99. The van der Waals surface area contributed by atoms with Gasteiger partial charge in [-0.2, -0.15) is 0 Å². The van der Waals surface area contributed by atoms with Crippen molar-refractivity contribution < 1.29 is 9.53 Å². The number of hydrogen-bond donors (Lipinski definition) is 1. The molecule has 0 radical (unpaired) electrons. The van der Waals surface area contributed by atoms with Gasteiger partial charge in [0.05, 0.1) is 12.6 Å². The lowest BCUT2D eigenvalue weighted by molar-refractivity contribution is 0.0736.